The molecule has 0 bridgehead atoms. The van der Waals surface area contributed by atoms with Gasteiger partial charge in [-0.15, -0.1) is 0 Å². The van der Waals surface area contributed by atoms with Gasteiger partial charge in [-0.3, -0.25) is 9.78 Å². The summed E-state index contributed by atoms with van der Waals surface area (Å²) in [5.41, 5.74) is 1.64. The quantitative estimate of drug-likeness (QED) is 0.407. The van der Waals surface area contributed by atoms with Crippen LogP contribution in [0.25, 0.3) is 22.6 Å². The van der Waals surface area contributed by atoms with Gasteiger partial charge in [0.1, 0.15) is 23.1 Å². The number of nitrogens with one attached hydrogen (secondary N) is 1. The fourth-order valence-corrected chi connectivity index (χ4v) is 4.28. The van der Waals surface area contributed by atoms with Crippen LogP contribution in [0.3, 0.4) is 0 Å². The highest BCUT2D eigenvalue weighted by molar-refractivity contribution is 5.94. The van der Waals surface area contributed by atoms with E-state index < -0.39 is 29.8 Å². The Kier molecular flexibility index (Phi) is 4.72. The van der Waals surface area contributed by atoms with Crippen LogP contribution in [0.2, 0.25) is 0 Å². The van der Waals surface area contributed by atoms with Crippen LogP contribution >= 0.6 is 0 Å². The maximum Gasteiger partial charge on any atom is 0.292 e. The first-order valence-corrected chi connectivity index (χ1v) is 10.6. The molecule has 1 atom stereocenters. The number of nitrogens with zero attached hydrogens (tertiary/aromatic N) is 4. The second-order valence-electron chi connectivity index (χ2n) is 7.85. The zero-order valence-electron chi connectivity index (χ0n) is 17.6. The topological polar surface area (TPSA) is 101 Å². The monoisotopic (exact) mass is 461 g/mol. The van der Waals surface area contributed by atoms with E-state index in [1.807, 2.05) is 30.3 Å². The van der Waals surface area contributed by atoms with Gasteiger partial charge in [0, 0.05) is 30.2 Å². The number of imidazole rings is 1. The Morgan fingerprint density at radius 1 is 1.12 bits per heavy atom. The number of pyridine rings is 1. The molecule has 0 aliphatic carbocycles. The minimum atomic E-state index is -3.00. The van der Waals surface area contributed by atoms with Gasteiger partial charge in [0.05, 0.1) is 12.0 Å². The average molecular weight is 461 g/mol. The zero-order valence-corrected chi connectivity index (χ0v) is 17.6. The van der Waals surface area contributed by atoms with E-state index in [0.717, 1.165) is 11.1 Å². The van der Waals surface area contributed by atoms with E-state index in [-0.39, 0.29) is 18.1 Å². The van der Waals surface area contributed by atoms with Gasteiger partial charge in [0.2, 0.25) is 11.7 Å². The Hall–Kier alpha value is -4.34. The van der Waals surface area contributed by atoms with Crippen molar-refractivity contribution in [1.29, 1.82) is 0 Å². The molecule has 1 aromatic carbocycles. The molecule has 10 heteroatoms. The maximum absolute atomic E-state index is 13.9. The minimum absolute atomic E-state index is 0.142. The maximum atomic E-state index is 13.9. The van der Waals surface area contributed by atoms with E-state index in [0.29, 0.717) is 23.5 Å². The fourth-order valence-electron chi connectivity index (χ4n) is 4.28. The second-order valence-corrected chi connectivity index (χ2v) is 7.85. The largest absolute Gasteiger partial charge is 0.458 e. The van der Waals surface area contributed by atoms with Gasteiger partial charge in [-0.05, 0) is 24.3 Å². The van der Waals surface area contributed by atoms with Crippen LogP contribution in [0.1, 0.15) is 45.9 Å². The minimum Gasteiger partial charge on any atom is -0.458 e. The molecule has 4 aromatic heterocycles. The van der Waals surface area contributed by atoms with Crippen LogP contribution in [-0.4, -0.2) is 37.3 Å². The van der Waals surface area contributed by atoms with Crippen molar-refractivity contribution in [3.63, 3.8) is 0 Å². The summed E-state index contributed by atoms with van der Waals surface area (Å²) in [4.78, 5) is 30.6. The molecule has 1 N–H and O–H groups in total. The third-order valence-corrected chi connectivity index (χ3v) is 5.84. The highest BCUT2D eigenvalue weighted by Gasteiger charge is 2.40. The number of amides is 1. The zero-order chi connectivity index (χ0) is 23.2. The standard InChI is InChI=1S/C24H17F2N5O3/c25-22(26)19-21(34-23(30-19)15-6-3-4-9-27-15)24(32)31-10-8-14-18(29-12-28-14)20(31)17-11-13-5-1-2-7-16(13)33-17/h1-7,9,11-12,20,22H,8,10H2,(H,28,29)/t20-/m1/s1. The Labute approximate surface area is 191 Å². The number of rotatable bonds is 4. The first kappa shape index (κ1) is 20.3. The summed E-state index contributed by atoms with van der Waals surface area (Å²) in [6.45, 7) is 0.248. The molecule has 1 amide bonds. The Morgan fingerprint density at radius 3 is 2.76 bits per heavy atom. The summed E-state index contributed by atoms with van der Waals surface area (Å²) in [6.07, 6.45) is 0.510. The number of carbonyl (C=O) groups is 1. The van der Waals surface area contributed by atoms with E-state index in [1.54, 1.807) is 24.5 Å². The number of aromatic nitrogens is 4. The first-order valence-electron chi connectivity index (χ1n) is 10.6. The predicted molar refractivity (Wildman–Crippen MR) is 116 cm³/mol. The summed E-state index contributed by atoms with van der Waals surface area (Å²) in [5, 5.41) is 0.859. The number of oxazole rings is 1. The Balaban J connectivity index is 1.45. The van der Waals surface area contributed by atoms with Gasteiger partial charge in [0.25, 0.3) is 12.3 Å². The first-order chi connectivity index (χ1) is 16.6. The average Bonchev–Trinajstić information content (AvgIpc) is 3.61. The summed E-state index contributed by atoms with van der Waals surface area (Å²) in [6, 6.07) is 13.5. The lowest BCUT2D eigenvalue weighted by Gasteiger charge is -2.33. The number of H-pyrrole nitrogens is 1. The van der Waals surface area contributed by atoms with Gasteiger partial charge in [-0.2, -0.15) is 0 Å². The molecule has 170 valence electrons. The van der Waals surface area contributed by atoms with Crippen molar-refractivity contribution in [2.75, 3.05) is 6.54 Å². The lowest BCUT2D eigenvalue weighted by atomic mass is 9.99. The van der Waals surface area contributed by atoms with Crippen LogP contribution in [0.5, 0.6) is 0 Å². The molecule has 1 aliphatic heterocycles. The molecule has 5 aromatic rings. The van der Waals surface area contributed by atoms with Gasteiger partial charge in [-0.1, -0.05) is 24.3 Å². The van der Waals surface area contributed by atoms with Gasteiger partial charge < -0.3 is 18.7 Å². The van der Waals surface area contributed by atoms with Crippen LogP contribution in [0.4, 0.5) is 8.78 Å². The summed E-state index contributed by atoms with van der Waals surface area (Å²) in [7, 11) is 0. The normalized spacial score (nSPS) is 15.7. The lowest BCUT2D eigenvalue weighted by molar-refractivity contribution is 0.0626. The molecule has 8 nitrogen and oxygen atoms in total. The SMILES string of the molecule is O=C(c1oc(-c2ccccn2)nc1C(F)F)N1CCc2[nH]cnc2[C@H]1c1cc2ccccc2o1. The summed E-state index contributed by atoms with van der Waals surface area (Å²) in [5.74, 6) is -0.900. The Morgan fingerprint density at radius 2 is 1.97 bits per heavy atom. The van der Waals surface area contributed by atoms with Gasteiger partial charge in [-0.25, -0.2) is 18.7 Å². The molecular formula is C24H17F2N5O3. The van der Waals surface area contributed by atoms with Crippen LogP contribution in [0, 0.1) is 0 Å². The number of benzene rings is 1. The van der Waals surface area contributed by atoms with Crippen LogP contribution in [-0.2, 0) is 6.42 Å². The highest BCUT2D eigenvalue weighted by atomic mass is 19.3. The molecule has 0 saturated heterocycles. The van der Waals surface area contributed by atoms with Crippen molar-refractivity contribution in [2.45, 2.75) is 18.9 Å². The number of aromatic amines is 1. The van der Waals surface area contributed by atoms with Gasteiger partial charge in [0.15, 0.2) is 5.69 Å². The van der Waals surface area contributed by atoms with E-state index in [2.05, 4.69) is 19.9 Å². The van der Waals surface area contributed by atoms with E-state index in [9.17, 15) is 13.6 Å². The van der Waals surface area contributed by atoms with Crippen LogP contribution in [0.15, 0.2) is 69.9 Å². The number of fused-ring (bicyclic) bond motifs is 2. The second kappa shape index (κ2) is 7.91. The van der Waals surface area contributed by atoms with E-state index in [4.69, 9.17) is 8.83 Å². The van der Waals surface area contributed by atoms with Crippen LogP contribution < -0.4 is 0 Å². The summed E-state index contributed by atoms with van der Waals surface area (Å²) >= 11 is 0. The lowest BCUT2D eigenvalue weighted by Crippen LogP contribution is -2.40. The van der Waals surface area contributed by atoms with Crippen molar-refractivity contribution in [3.8, 4) is 11.6 Å². The van der Waals surface area contributed by atoms with E-state index in [1.165, 1.54) is 11.1 Å². The number of alkyl halides is 2. The predicted octanol–water partition coefficient (Wildman–Crippen LogP) is 4.93. The molecular weight excluding hydrogens is 444 g/mol. The molecule has 0 spiro atoms. The number of halogens is 2. The highest BCUT2D eigenvalue weighted by Crippen LogP contribution is 2.38. The molecule has 0 radical (unpaired) electrons. The number of para-hydroxylation sites is 1. The third kappa shape index (κ3) is 3.26. The van der Waals surface area contributed by atoms with Crippen molar-refractivity contribution >= 4 is 16.9 Å². The molecule has 5 heterocycles. The van der Waals surface area contributed by atoms with Crippen molar-refractivity contribution in [1.82, 2.24) is 24.8 Å². The molecule has 0 saturated carbocycles. The molecule has 0 fully saturated rings. The number of hydrogen-bond donors (Lipinski definition) is 1. The molecule has 34 heavy (non-hydrogen) atoms. The molecule has 6 rings (SSSR count). The third-order valence-electron chi connectivity index (χ3n) is 5.84. The van der Waals surface area contributed by atoms with Gasteiger partial charge >= 0.3 is 0 Å². The number of carbonyl (C=O) groups excluding carboxylic acids is 1. The van der Waals surface area contributed by atoms with E-state index >= 15 is 0 Å². The summed E-state index contributed by atoms with van der Waals surface area (Å²) < 4.78 is 39.4. The van der Waals surface area contributed by atoms with Crippen molar-refractivity contribution in [3.05, 3.63) is 89.7 Å². The molecule has 0 unspecified atom stereocenters. The Bertz CT molecular complexity index is 1460. The number of hydrogen-bond acceptors (Lipinski definition) is 6. The number of furan rings is 1. The van der Waals surface area contributed by atoms with Crippen molar-refractivity contribution in [2.24, 2.45) is 0 Å². The smallest absolute Gasteiger partial charge is 0.292 e. The van der Waals surface area contributed by atoms with Crippen molar-refractivity contribution < 1.29 is 22.4 Å². The fraction of sp³-hybridized carbons (Fsp3) is 0.167. The molecule has 1 aliphatic rings.